The zero-order valence-corrected chi connectivity index (χ0v) is 5.25. The molecule has 0 radical (unpaired) electrons. The first kappa shape index (κ1) is 6.11. The number of rotatable bonds is 2. The van der Waals surface area contributed by atoms with E-state index in [4.69, 9.17) is 5.73 Å². The monoisotopic (exact) mass is 123 g/mol. The summed E-state index contributed by atoms with van der Waals surface area (Å²) in [4.78, 5) is 0. The topological polar surface area (TPSA) is 53.7 Å². The predicted molar refractivity (Wildman–Crippen MR) is 36.9 cm³/mol. The van der Waals surface area contributed by atoms with Crippen LogP contribution in [0.1, 0.15) is 0 Å². The van der Waals surface area contributed by atoms with Crippen molar-refractivity contribution in [3.63, 3.8) is 0 Å². The average molecular weight is 123 g/mol. The van der Waals surface area contributed by atoms with Crippen LogP contribution in [0, 0.1) is 5.92 Å². The van der Waals surface area contributed by atoms with Crippen LogP contribution in [0.2, 0.25) is 0 Å². The lowest BCUT2D eigenvalue weighted by atomic mass is 10.3. The van der Waals surface area contributed by atoms with Gasteiger partial charge in [0.1, 0.15) is 0 Å². The third-order valence-corrected chi connectivity index (χ3v) is 1.21. The Morgan fingerprint density at radius 3 is 2.67 bits per heavy atom. The molecule has 0 heterocycles. The number of hydrogen-bond acceptors (Lipinski definition) is 1. The number of nitrogens with two attached hydrogens (primary N) is 1. The lowest BCUT2D eigenvalue weighted by molar-refractivity contribution is -0.274. The fourth-order valence-corrected chi connectivity index (χ4v) is 0.588. The van der Waals surface area contributed by atoms with E-state index in [1.165, 1.54) is 0 Å². The van der Waals surface area contributed by atoms with Gasteiger partial charge in [0.15, 0.2) is 0 Å². The standard InChI is InChI=1S/C7H10N2/c8-4-2-1-3-6-5-7(6)9/h1-6H,8-9H2/p+1. The summed E-state index contributed by atoms with van der Waals surface area (Å²) >= 11 is 0. The molecule has 0 amide bonds. The molecule has 0 aliphatic heterocycles. The highest BCUT2D eigenvalue weighted by Gasteiger charge is 2.16. The minimum atomic E-state index is 0.432. The van der Waals surface area contributed by atoms with Crippen molar-refractivity contribution in [2.45, 2.75) is 0 Å². The van der Waals surface area contributed by atoms with Gasteiger partial charge in [-0.05, 0) is 6.08 Å². The zero-order chi connectivity index (χ0) is 6.69. The van der Waals surface area contributed by atoms with Crippen LogP contribution in [0.4, 0.5) is 0 Å². The molecular weight excluding hydrogens is 112 g/mol. The summed E-state index contributed by atoms with van der Waals surface area (Å²) in [5, 5.41) is 0. The molecule has 0 saturated carbocycles. The molecule has 0 aromatic rings. The lowest BCUT2D eigenvalue weighted by Crippen LogP contribution is -2.38. The Kier molecular flexibility index (Phi) is 1.70. The van der Waals surface area contributed by atoms with Crippen LogP contribution < -0.4 is 11.5 Å². The quantitative estimate of drug-likeness (QED) is 0.490. The average Bonchev–Trinajstić information content (AvgIpc) is 2.48. The third kappa shape index (κ3) is 1.74. The summed E-state index contributed by atoms with van der Waals surface area (Å²) in [5.41, 5.74) is 9.94. The third-order valence-electron chi connectivity index (χ3n) is 1.21. The molecule has 0 bridgehead atoms. The van der Waals surface area contributed by atoms with Crippen molar-refractivity contribution in [2.24, 2.45) is 11.7 Å². The highest BCUT2D eigenvalue weighted by Crippen LogP contribution is 2.23. The van der Waals surface area contributed by atoms with Gasteiger partial charge in [-0.1, -0.05) is 18.2 Å². The van der Waals surface area contributed by atoms with Gasteiger partial charge in [-0.2, -0.15) is 0 Å². The molecule has 0 aromatic carbocycles. The number of quaternary nitrogens is 1. The van der Waals surface area contributed by atoms with Crippen molar-refractivity contribution in [1.82, 2.24) is 0 Å². The van der Waals surface area contributed by atoms with Crippen LogP contribution in [-0.4, -0.2) is 0 Å². The summed E-state index contributed by atoms with van der Waals surface area (Å²) in [5.74, 6) is 0.432. The van der Waals surface area contributed by atoms with Gasteiger partial charge in [-0.15, -0.1) is 0 Å². The first-order chi connectivity index (χ1) is 4.34. The maximum Gasteiger partial charge on any atom is 0.0909 e. The molecule has 0 spiro atoms. The van der Waals surface area contributed by atoms with E-state index in [2.05, 4.69) is 5.73 Å². The zero-order valence-electron chi connectivity index (χ0n) is 5.25. The minimum absolute atomic E-state index is 0.432. The second-order valence-electron chi connectivity index (χ2n) is 2.01. The van der Waals surface area contributed by atoms with Crippen LogP contribution >= 0.6 is 0 Å². The van der Waals surface area contributed by atoms with Crippen molar-refractivity contribution in [3.8, 4) is 0 Å². The van der Waals surface area contributed by atoms with E-state index in [-0.39, 0.29) is 0 Å². The minimum Gasteiger partial charge on any atom is -0.402 e. The molecule has 0 aromatic heterocycles. The van der Waals surface area contributed by atoms with Crippen molar-refractivity contribution < 1.29 is 5.73 Å². The smallest absolute Gasteiger partial charge is 0.0909 e. The van der Waals surface area contributed by atoms with Gasteiger partial charge in [0.25, 0.3) is 0 Å². The molecule has 1 rings (SSSR count). The molecule has 2 heteroatoms. The molecule has 2 nitrogen and oxygen atoms in total. The van der Waals surface area contributed by atoms with E-state index in [1.807, 2.05) is 24.3 Å². The second-order valence-corrected chi connectivity index (χ2v) is 2.01. The largest absolute Gasteiger partial charge is 0.402 e. The fourth-order valence-electron chi connectivity index (χ4n) is 0.588. The molecule has 9 heavy (non-hydrogen) atoms. The van der Waals surface area contributed by atoms with Gasteiger partial charge >= 0.3 is 0 Å². The van der Waals surface area contributed by atoms with E-state index >= 15 is 0 Å². The van der Waals surface area contributed by atoms with E-state index in [1.54, 1.807) is 6.20 Å². The predicted octanol–water partition coefficient (Wildman–Crippen LogP) is -0.229. The Labute approximate surface area is 54.5 Å². The Hall–Kier alpha value is -1.02. The molecule has 1 atom stereocenters. The summed E-state index contributed by atoms with van der Waals surface area (Å²) in [7, 11) is 0. The maximum atomic E-state index is 5.42. The normalized spacial score (nSPS) is 25.4. The van der Waals surface area contributed by atoms with E-state index in [0.29, 0.717) is 5.92 Å². The molecule has 0 saturated heterocycles. The van der Waals surface area contributed by atoms with Gasteiger partial charge in [-0.3, -0.25) is 0 Å². The number of allylic oxidation sites excluding steroid dienone is 4. The van der Waals surface area contributed by atoms with Gasteiger partial charge in [-0.25, -0.2) is 0 Å². The summed E-state index contributed by atoms with van der Waals surface area (Å²) in [6.07, 6.45) is 9.63. The van der Waals surface area contributed by atoms with Gasteiger partial charge in [0.2, 0.25) is 0 Å². The van der Waals surface area contributed by atoms with Gasteiger partial charge < -0.3 is 11.5 Å². The molecule has 1 aliphatic rings. The van der Waals surface area contributed by atoms with E-state index in [9.17, 15) is 0 Å². The second kappa shape index (κ2) is 2.51. The Balaban J connectivity index is 2.20. The van der Waals surface area contributed by atoms with Crippen molar-refractivity contribution in [1.29, 1.82) is 0 Å². The molecule has 48 valence electrons. The van der Waals surface area contributed by atoms with Crippen LogP contribution in [0.5, 0.6) is 0 Å². The van der Waals surface area contributed by atoms with Crippen LogP contribution in [0.25, 0.3) is 0 Å². The van der Waals surface area contributed by atoms with Gasteiger partial charge in [0.05, 0.1) is 6.20 Å². The van der Waals surface area contributed by atoms with E-state index in [0.717, 1.165) is 5.70 Å². The fraction of sp³-hybridized carbons (Fsp3) is 0.143. The Morgan fingerprint density at radius 2 is 2.22 bits per heavy atom. The first-order valence-corrected chi connectivity index (χ1v) is 2.94. The Morgan fingerprint density at radius 1 is 1.56 bits per heavy atom. The molecule has 1 unspecified atom stereocenters. The van der Waals surface area contributed by atoms with Crippen LogP contribution in [0.15, 0.2) is 36.2 Å². The van der Waals surface area contributed by atoms with E-state index < -0.39 is 0 Å². The summed E-state index contributed by atoms with van der Waals surface area (Å²) < 4.78 is 0. The van der Waals surface area contributed by atoms with Crippen molar-refractivity contribution in [2.75, 3.05) is 0 Å². The van der Waals surface area contributed by atoms with Crippen LogP contribution in [0.3, 0.4) is 0 Å². The SMILES string of the molecule is NC1=CC1C=CC=C[NH3+]. The van der Waals surface area contributed by atoms with Crippen LogP contribution in [-0.2, 0) is 0 Å². The lowest BCUT2D eigenvalue weighted by Gasteiger charge is -1.79. The highest BCUT2D eigenvalue weighted by atomic mass is 14.6. The Bertz CT molecular complexity index is 177. The first-order valence-electron chi connectivity index (χ1n) is 2.94. The molecule has 0 fully saturated rings. The maximum absolute atomic E-state index is 5.42. The molecule has 1 aliphatic carbocycles. The number of hydrogen-bond donors (Lipinski definition) is 2. The van der Waals surface area contributed by atoms with Crippen molar-refractivity contribution in [3.05, 3.63) is 36.2 Å². The van der Waals surface area contributed by atoms with Crippen molar-refractivity contribution >= 4 is 0 Å². The summed E-state index contributed by atoms with van der Waals surface area (Å²) in [6, 6.07) is 0. The molecular formula is C7H11N2+. The highest BCUT2D eigenvalue weighted by molar-refractivity contribution is 5.32. The summed E-state index contributed by atoms with van der Waals surface area (Å²) in [6.45, 7) is 0. The van der Waals surface area contributed by atoms with Gasteiger partial charge in [0, 0.05) is 11.6 Å². The molecule has 5 N–H and O–H groups in total.